The van der Waals surface area contributed by atoms with Crippen molar-refractivity contribution in [3.63, 3.8) is 0 Å². The lowest BCUT2D eigenvalue weighted by molar-refractivity contribution is -0.192. The molecule has 3 heterocycles. The van der Waals surface area contributed by atoms with Crippen molar-refractivity contribution in [2.75, 3.05) is 44.2 Å². The maximum atomic E-state index is 12.3. The van der Waals surface area contributed by atoms with E-state index >= 15 is 0 Å². The van der Waals surface area contributed by atoms with Crippen LogP contribution in [0.5, 0.6) is 0 Å². The number of piperazine rings is 1. The van der Waals surface area contributed by atoms with E-state index in [-0.39, 0.29) is 5.91 Å². The number of halogens is 3. The quantitative estimate of drug-likeness (QED) is 0.802. The van der Waals surface area contributed by atoms with Gasteiger partial charge in [0.2, 0.25) is 0 Å². The summed E-state index contributed by atoms with van der Waals surface area (Å²) < 4.78 is 31.7. The molecule has 0 aliphatic carbocycles. The fraction of sp³-hybridized carbons (Fsp3) is 0.588. The molecule has 2 saturated heterocycles. The van der Waals surface area contributed by atoms with Gasteiger partial charge in [-0.2, -0.15) is 13.2 Å². The summed E-state index contributed by atoms with van der Waals surface area (Å²) >= 11 is 0. The Bertz CT molecular complexity index is 670. The number of carboxylic acids is 1. The van der Waals surface area contributed by atoms with Crippen molar-refractivity contribution in [3.05, 3.63) is 23.5 Å². The maximum absolute atomic E-state index is 12.3. The molecule has 0 bridgehead atoms. The van der Waals surface area contributed by atoms with Crippen LogP contribution in [0.2, 0.25) is 0 Å². The molecule has 3 rings (SSSR count). The fourth-order valence-corrected chi connectivity index (χ4v) is 2.99. The van der Waals surface area contributed by atoms with E-state index in [0.717, 1.165) is 63.5 Å². The number of carboxylic acid groups (broad SMARTS) is 1. The molecular formula is C17H23F3N4O3. The second kappa shape index (κ2) is 9.03. The van der Waals surface area contributed by atoms with Crippen LogP contribution in [0.4, 0.5) is 18.9 Å². The number of pyridine rings is 1. The van der Waals surface area contributed by atoms with E-state index in [4.69, 9.17) is 9.90 Å². The molecule has 1 aromatic rings. The standard InChI is InChI=1S/C15H22N4O.C2HF3O2/c1-12-14(18-10-6-16-7-11-18)5-4-13(17-12)15(20)19-8-2-3-9-19;3-2(4,5)1(6)7/h4-5,16H,2-3,6-11H2,1H3;(H,6,7). The Morgan fingerprint density at radius 2 is 1.67 bits per heavy atom. The van der Waals surface area contributed by atoms with E-state index in [2.05, 4.69) is 21.3 Å². The molecule has 27 heavy (non-hydrogen) atoms. The van der Waals surface area contributed by atoms with Crippen molar-refractivity contribution < 1.29 is 27.9 Å². The van der Waals surface area contributed by atoms with Gasteiger partial charge in [-0.25, -0.2) is 9.78 Å². The monoisotopic (exact) mass is 388 g/mol. The molecule has 2 aliphatic heterocycles. The SMILES string of the molecule is Cc1nc(C(=O)N2CCCC2)ccc1N1CCNCC1.O=C(O)C(F)(F)F. The van der Waals surface area contributed by atoms with Crippen LogP contribution in [0, 0.1) is 6.92 Å². The van der Waals surface area contributed by atoms with Crippen molar-refractivity contribution in [2.24, 2.45) is 0 Å². The van der Waals surface area contributed by atoms with E-state index < -0.39 is 12.1 Å². The van der Waals surface area contributed by atoms with Gasteiger partial charge in [0.05, 0.1) is 11.4 Å². The van der Waals surface area contributed by atoms with Crippen molar-refractivity contribution in [2.45, 2.75) is 25.9 Å². The van der Waals surface area contributed by atoms with Crippen LogP contribution in [0.3, 0.4) is 0 Å². The van der Waals surface area contributed by atoms with E-state index in [0.29, 0.717) is 5.69 Å². The minimum atomic E-state index is -5.08. The third-order valence-electron chi connectivity index (χ3n) is 4.37. The zero-order chi connectivity index (χ0) is 20.0. The van der Waals surface area contributed by atoms with Crippen molar-refractivity contribution >= 4 is 17.6 Å². The summed E-state index contributed by atoms with van der Waals surface area (Å²) in [6.45, 7) is 7.77. The summed E-state index contributed by atoms with van der Waals surface area (Å²) in [7, 11) is 0. The average molecular weight is 388 g/mol. The predicted octanol–water partition coefficient (Wildman–Crippen LogP) is 1.67. The Labute approximate surface area is 155 Å². The molecule has 0 atom stereocenters. The molecule has 0 saturated carbocycles. The molecule has 7 nitrogen and oxygen atoms in total. The molecule has 0 radical (unpaired) electrons. The van der Waals surface area contributed by atoms with Crippen LogP contribution >= 0.6 is 0 Å². The molecular weight excluding hydrogens is 365 g/mol. The lowest BCUT2D eigenvalue weighted by Crippen LogP contribution is -2.44. The molecule has 0 spiro atoms. The highest BCUT2D eigenvalue weighted by Crippen LogP contribution is 2.20. The van der Waals surface area contributed by atoms with Crippen LogP contribution < -0.4 is 10.2 Å². The molecule has 2 fully saturated rings. The number of rotatable bonds is 2. The number of hydrogen-bond donors (Lipinski definition) is 2. The highest BCUT2D eigenvalue weighted by Gasteiger charge is 2.38. The number of alkyl halides is 3. The van der Waals surface area contributed by atoms with E-state index in [9.17, 15) is 18.0 Å². The van der Waals surface area contributed by atoms with Gasteiger partial charge in [0.15, 0.2) is 0 Å². The smallest absolute Gasteiger partial charge is 0.475 e. The first-order valence-electron chi connectivity index (χ1n) is 8.73. The van der Waals surface area contributed by atoms with Crippen molar-refractivity contribution in [1.29, 1.82) is 0 Å². The van der Waals surface area contributed by atoms with E-state index in [1.165, 1.54) is 0 Å². The molecule has 10 heteroatoms. The molecule has 0 unspecified atom stereocenters. The Morgan fingerprint density at radius 3 is 2.15 bits per heavy atom. The molecule has 2 N–H and O–H groups in total. The third-order valence-corrected chi connectivity index (χ3v) is 4.37. The summed E-state index contributed by atoms with van der Waals surface area (Å²) in [4.78, 5) is 30.0. The summed E-state index contributed by atoms with van der Waals surface area (Å²) in [5.41, 5.74) is 2.70. The predicted molar refractivity (Wildman–Crippen MR) is 92.9 cm³/mol. The first-order valence-corrected chi connectivity index (χ1v) is 8.73. The Kier molecular flexibility index (Phi) is 7.00. The topological polar surface area (TPSA) is 85.8 Å². The normalized spacial score (nSPS) is 17.3. The highest BCUT2D eigenvalue weighted by atomic mass is 19.4. The molecule has 0 aromatic carbocycles. The van der Waals surface area contributed by atoms with Gasteiger partial charge in [-0.1, -0.05) is 0 Å². The number of nitrogens with zero attached hydrogens (tertiary/aromatic N) is 3. The first kappa shape index (κ1) is 20.9. The Hall–Kier alpha value is -2.36. The van der Waals surface area contributed by atoms with Crippen LogP contribution in [0.15, 0.2) is 12.1 Å². The Balaban J connectivity index is 0.000000321. The van der Waals surface area contributed by atoms with Gasteiger partial charge in [-0.15, -0.1) is 0 Å². The zero-order valence-electron chi connectivity index (χ0n) is 15.1. The van der Waals surface area contributed by atoms with Crippen LogP contribution in [0.1, 0.15) is 29.0 Å². The first-order chi connectivity index (χ1) is 12.7. The van der Waals surface area contributed by atoms with Crippen molar-refractivity contribution in [1.82, 2.24) is 15.2 Å². The lowest BCUT2D eigenvalue weighted by Gasteiger charge is -2.30. The average Bonchev–Trinajstić information content (AvgIpc) is 3.16. The van der Waals surface area contributed by atoms with Crippen LogP contribution in [-0.4, -0.2) is 72.3 Å². The molecule has 1 aromatic heterocycles. The highest BCUT2D eigenvalue weighted by molar-refractivity contribution is 5.92. The number of carbonyl (C=O) groups excluding carboxylic acids is 1. The van der Waals surface area contributed by atoms with Gasteiger partial charge >= 0.3 is 12.1 Å². The Morgan fingerprint density at radius 1 is 1.11 bits per heavy atom. The largest absolute Gasteiger partial charge is 0.490 e. The summed E-state index contributed by atoms with van der Waals surface area (Å²) in [6, 6.07) is 3.93. The second-order valence-electron chi connectivity index (χ2n) is 6.34. The number of likely N-dealkylation sites (tertiary alicyclic amines) is 1. The molecule has 1 amide bonds. The zero-order valence-corrected chi connectivity index (χ0v) is 15.1. The summed E-state index contributed by atoms with van der Waals surface area (Å²) in [6.07, 6.45) is -2.85. The van der Waals surface area contributed by atoms with Crippen molar-refractivity contribution in [3.8, 4) is 0 Å². The number of anilines is 1. The summed E-state index contributed by atoms with van der Waals surface area (Å²) in [5, 5.41) is 10.5. The van der Waals surface area contributed by atoms with E-state index in [1.807, 2.05) is 17.9 Å². The van der Waals surface area contributed by atoms with Gasteiger partial charge in [-0.3, -0.25) is 4.79 Å². The maximum Gasteiger partial charge on any atom is 0.490 e. The number of amides is 1. The number of carbonyl (C=O) groups is 2. The minimum Gasteiger partial charge on any atom is -0.475 e. The number of aliphatic carboxylic acids is 1. The summed E-state index contributed by atoms with van der Waals surface area (Å²) in [5.74, 6) is -2.68. The van der Waals surface area contributed by atoms with Gasteiger partial charge in [0.1, 0.15) is 5.69 Å². The van der Waals surface area contributed by atoms with E-state index in [1.54, 1.807) is 0 Å². The lowest BCUT2D eigenvalue weighted by atomic mass is 10.2. The molecule has 150 valence electrons. The second-order valence-corrected chi connectivity index (χ2v) is 6.34. The number of aryl methyl sites for hydroxylation is 1. The van der Waals surface area contributed by atoms with Gasteiger partial charge in [-0.05, 0) is 31.9 Å². The molecule has 2 aliphatic rings. The minimum absolute atomic E-state index is 0.0810. The van der Waals surface area contributed by atoms with Crippen LogP contribution in [0.25, 0.3) is 0 Å². The number of hydrogen-bond acceptors (Lipinski definition) is 5. The third kappa shape index (κ3) is 5.81. The number of nitrogens with one attached hydrogen (secondary N) is 1. The number of aromatic nitrogens is 1. The van der Waals surface area contributed by atoms with Gasteiger partial charge < -0.3 is 20.2 Å². The van der Waals surface area contributed by atoms with Gasteiger partial charge in [0.25, 0.3) is 5.91 Å². The van der Waals surface area contributed by atoms with Gasteiger partial charge in [0, 0.05) is 39.3 Å². The van der Waals surface area contributed by atoms with Crippen LogP contribution in [-0.2, 0) is 4.79 Å². The fourth-order valence-electron chi connectivity index (χ4n) is 2.99.